The number of nitrogens with one attached hydrogen (secondary N) is 4. The maximum atomic E-state index is 13.3. The Morgan fingerprint density at radius 3 is 2.63 bits per heavy atom. The van der Waals surface area contributed by atoms with Gasteiger partial charge in [0.15, 0.2) is 0 Å². The van der Waals surface area contributed by atoms with E-state index < -0.39 is 5.66 Å². The van der Waals surface area contributed by atoms with E-state index in [0.29, 0.717) is 37.6 Å². The zero-order valence-corrected chi connectivity index (χ0v) is 16.8. The van der Waals surface area contributed by atoms with Crippen molar-refractivity contribution in [2.24, 2.45) is 5.92 Å². The Labute approximate surface area is 176 Å². The van der Waals surface area contributed by atoms with Crippen LogP contribution in [-0.4, -0.2) is 39.4 Å². The summed E-state index contributed by atoms with van der Waals surface area (Å²) in [5.41, 5.74) is -0.784. The summed E-state index contributed by atoms with van der Waals surface area (Å²) in [4.78, 5) is 46.0. The summed E-state index contributed by atoms with van der Waals surface area (Å²) in [7, 11) is 0. The van der Waals surface area contributed by atoms with Gasteiger partial charge in [-0.2, -0.15) is 0 Å². The number of amides is 2. The van der Waals surface area contributed by atoms with Crippen LogP contribution in [0.1, 0.15) is 36.2 Å². The molecule has 10 nitrogen and oxygen atoms in total. The summed E-state index contributed by atoms with van der Waals surface area (Å²) in [6.07, 6.45) is 4.23. The van der Waals surface area contributed by atoms with E-state index in [1.165, 1.54) is 17.0 Å². The first-order valence-corrected chi connectivity index (χ1v) is 10.2. The van der Waals surface area contributed by atoms with E-state index in [4.69, 9.17) is 11.6 Å². The quantitative estimate of drug-likeness (QED) is 0.573. The second-order valence-corrected chi connectivity index (χ2v) is 8.22. The average molecular weight is 430 g/mol. The summed E-state index contributed by atoms with van der Waals surface area (Å²) in [6, 6.07) is 2.98. The third-order valence-electron chi connectivity index (χ3n) is 5.70. The predicted octanol–water partition coefficient (Wildman–Crippen LogP) is 1.16. The number of hydrogen-bond donors (Lipinski definition) is 4. The molecule has 2 fully saturated rings. The number of anilines is 3. The number of piperidine rings is 1. The molecular formula is C19H20ClN7O3. The lowest BCUT2D eigenvalue weighted by Gasteiger charge is -2.35. The van der Waals surface area contributed by atoms with Crippen LogP contribution in [0.2, 0.25) is 5.02 Å². The first kappa shape index (κ1) is 19.0. The van der Waals surface area contributed by atoms with Gasteiger partial charge in [0.1, 0.15) is 35.0 Å². The van der Waals surface area contributed by atoms with E-state index in [1.54, 1.807) is 6.07 Å². The standard InChI is InChI=1S/C19H20ClN7O3/c20-11-7-12(24-13-8-14(23-9-22-13)25-16(28)10-1-2-10)18(30)27-15(11)17(29)26-19(27)3-5-21-6-4-19/h7-10,21H,1-6H2,(H,26,29)(H2,22,23,24,25,28). The van der Waals surface area contributed by atoms with E-state index >= 15 is 0 Å². The summed E-state index contributed by atoms with van der Waals surface area (Å²) in [6.45, 7) is 1.36. The Morgan fingerprint density at radius 2 is 1.90 bits per heavy atom. The van der Waals surface area contributed by atoms with Crippen molar-refractivity contribution in [2.45, 2.75) is 31.3 Å². The van der Waals surface area contributed by atoms with Crippen LogP contribution in [0.4, 0.5) is 17.3 Å². The SMILES string of the molecule is O=C1NC2(CCNCC2)n2c1c(Cl)cc(Nc1cc(NC(=O)C3CC3)ncn1)c2=O. The Morgan fingerprint density at radius 1 is 1.17 bits per heavy atom. The van der Waals surface area contributed by atoms with E-state index in [1.807, 2.05) is 0 Å². The van der Waals surface area contributed by atoms with Gasteiger partial charge >= 0.3 is 0 Å². The molecule has 0 atom stereocenters. The fourth-order valence-electron chi connectivity index (χ4n) is 4.01. The molecule has 0 unspecified atom stereocenters. The summed E-state index contributed by atoms with van der Waals surface area (Å²) in [5, 5.41) is 12.1. The number of pyridine rings is 1. The molecular weight excluding hydrogens is 410 g/mol. The molecule has 4 N–H and O–H groups in total. The Kier molecular flexibility index (Phi) is 4.48. The van der Waals surface area contributed by atoms with Crippen LogP contribution in [0.5, 0.6) is 0 Å². The molecule has 156 valence electrons. The Balaban J connectivity index is 1.48. The minimum absolute atomic E-state index is 0.0442. The van der Waals surface area contributed by atoms with Crippen molar-refractivity contribution in [3.63, 3.8) is 0 Å². The normalized spacial score (nSPS) is 19.3. The minimum Gasteiger partial charge on any atom is -0.336 e. The molecule has 3 aliphatic rings. The zero-order chi connectivity index (χ0) is 20.9. The van der Waals surface area contributed by atoms with Gasteiger partial charge < -0.3 is 21.3 Å². The van der Waals surface area contributed by atoms with E-state index in [0.717, 1.165) is 12.8 Å². The Hall–Kier alpha value is -2.98. The summed E-state index contributed by atoms with van der Waals surface area (Å²) in [5.74, 6) is 0.308. The summed E-state index contributed by atoms with van der Waals surface area (Å²) < 4.78 is 1.47. The highest BCUT2D eigenvalue weighted by molar-refractivity contribution is 6.34. The maximum Gasteiger partial charge on any atom is 0.276 e. The maximum absolute atomic E-state index is 13.3. The van der Waals surface area contributed by atoms with Crippen molar-refractivity contribution in [1.82, 2.24) is 25.2 Å². The van der Waals surface area contributed by atoms with Crippen LogP contribution in [0, 0.1) is 5.92 Å². The average Bonchev–Trinajstić information content (AvgIpc) is 3.52. The summed E-state index contributed by atoms with van der Waals surface area (Å²) >= 11 is 6.39. The van der Waals surface area contributed by atoms with Crippen LogP contribution in [0.15, 0.2) is 23.3 Å². The van der Waals surface area contributed by atoms with Crippen LogP contribution < -0.4 is 26.8 Å². The molecule has 2 aromatic heterocycles. The van der Waals surface area contributed by atoms with Crippen LogP contribution in [0.3, 0.4) is 0 Å². The second-order valence-electron chi connectivity index (χ2n) is 7.81. The number of halogens is 1. The van der Waals surface area contributed by atoms with Crippen molar-refractivity contribution >= 4 is 40.7 Å². The number of fused-ring (bicyclic) bond motifs is 2. The molecule has 30 heavy (non-hydrogen) atoms. The lowest BCUT2D eigenvalue weighted by atomic mass is 9.98. The third kappa shape index (κ3) is 3.21. The minimum atomic E-state index is -0.787. The van der Waals surface area contributed by atoms with Gasteiger partial charge in [0.25, 0.3) is 11.5 Å². The highest BCUT2D eigenvalue weighted by atomic mass is 35.5. The molecule has 0 radical (unpaired) electrons. The highest BCUT2D eigenvalue weighted by Crippen LogP contribution is 2.34. The number of hydrogen-bond acceptors (Lipinski definition) is 7. The van der Waals surface area contributed by atoms with Gasteiger partial charge in [0.2, 0.25) is 5.91 Å². The van der Waals surface area contributed by atoms with Crippen LogP contribution >= 0.6 is 11.6 Å². The lowest BCUT2D eigenvalue weighted by Crippen LogP contribution is -2.53. The molecule has 1 saturated heterocycles. The molecule has 1 saturated carbocycles. The number of rotatable bonds is 4. The third-order valence-corrected chi connectivity index (χ3v) is 5.99. The molecule has 0 bridgehead atoms. The van der Waals surface area contributed by atoms with Crippen molar-refractivity contribution < 1.29 is 9.59 Å². The van der Waals surface area contributed by atoms with Gasteiger partial charge in [-0.05, 0) is 32.0 Å². The Bertz CT molecular complexity index is 1110. The highest BCUT2D eigenvalue weighted by Gasteiger charge is 2.45. The first-order valence-electron chi connectivity index (χ1n) is 9.86. The monoisotopic (exact) mass is 429 g/mol. The van der Waals surface area contributed by atoms with Gasteiger partial charge in [-0.25, -0.2) is 9.97 Å². The second kappa shape index (κ2) is 7.06. The largest absolute Gasteiger partial charge is 0.336 e. The lowest BCUT2D eigenvalue weighted by molar-refractivity contribution is -0.117. The van der Waals surface area contributed by atoms with E-state index in [2.05, 4.69) is 31.2 Å². The van der Waals surface area contributed by atoms with Crippen LogP contribution in [-0.2, 0) is 10.5 Å². The first-order chi connectivity index (χ1) is 14.5. The van der Waals surface area contributed by atoms with E-state index in [-0.39, 0.29) is 39.7 Å². The van der Waals surface area contributed by atoms with Gasteiger partial charge in [-0.3, -0.25) is 19.0 Å². The molecule has 1 aliphatic carbocycles. The number of nitrogens with zero attached hydrogens (tertiary/aromatic N) is 3. The van der Waals surface area contributed by atoms with Gasteiger partial charge in [0, 0.05) is 24.8 Å². The molecule has 4 heterocycles. The molecule has 2 aliphatic heterocycles. The van der Waals surface area contributed by atoms with Crippen molar-refractivity contribution in [2.75, 3.05) is 23.7 Å². The predicted molar refractivity (Wildman–Crippen MR) is 110 cm³/mol. The van der Waals surface area contributed by atoms with E-state index in [9.17, 15) is 14.4 Å². The number of carbonyl (C=O) groups is 2. The van der Waals surface area contributed by atoms with Gasteiger partial charge in [-0.1, -0.05) is 11.6 Å². The molecule has 2 amide bonds. The zero-order valence-electron chi connectivity index (χ0n) is 16.0. The van der Waals surface area contributed by atoms with Crippen molar-refractivity contribution in [3.8, 4) is 0 Å². The molecule has 2 aromatic rings. The molecule has 5 rings (SSSR count). The molecule has 1 spiro atoms. The van der Waals surface area contributed by atoms with Crippen LogP contribution in [0.25, 0.3) is 0 Å². The number of aromatic nitrogens is 3. The fourth-order valence-corrected chi connectivity index (χ4v) is 4.29. The fraction of sp³-hybridized carbons (Fsp3) is 0.421. The van der Waals surface area contributed by atoms with Crippen molar-refractivity contribution in [3.05, 3.63) is 39.5 Å². The topological polar surface area (TPSA) is 130 Å². The van der Waals surface area contributed by atoms with Gasteiger partial charge in [0.05, 0.1) is 5.02 Å². The number of carbonyl (C=O) groups excluding carboxylic acids is 2. The molecule has 0 aromatic carbocycles. The smallest absolute Gasteiger partial charge is 0.276 e. The van der Waals surface area contributed by atoms with Gasteiger partial charge in [-0.15, -0.1) is 0 Å². The van der Waals surface area contributed by atoms with Crippen molar-refractivity contribution in [1.29, 1.82) is 0 Å². The molecule has 11 heteroatoms.